The summed E-state index contributed by atoms with van der Waals surface area (Å²) in [5.74, 6) is 0. The van der Waals surface area contributed by atoms with E-state index in [1.165, 1.54) is 10.6 Å². The summed E-state index contributed by atoms with van der Waals surface area (Å²) in [6.07, 6.45) is -1.08. The molecular formula is C9H12N2O3. The van der Waals surface area contributed by atoms with Gasteiger partial charge in [-0.1, -0.05) is 6.07 Å². The smallest absolute Gasteiger partial charge is 0.404 e. The minimum Gasteiger partial charge on any atom is -0.465 e. The summed E-state index contributed by atoms with van der Waals surface area (Å²) in [7, 11) is 0. The number of nitrogens with one attached hydrogen (secondary N) is 1. The summed E-state index contributed by atoms with van der Waals surface area (Å²) >= 11 is 0. The first kappa shape index (κ1) is 10.3. The van der Waals surface area contributed by atoms with Gasteiger partial charge in [-0.2, -0.15) is 0 Å². The Morgan fingerprint density at radius 2 is 2.29 bits per heavy atom. The second kappa shape index (κ2) is 4.45. The van der Waals surface area contributed by atoms with Gasteiger partial charge in [0.2, 0.25) is 0 Å². The maximum atomic E-state index is 11.3. The molecule has 14 heavy (non-hydrogen) atoms. The topological polar surface area (TPSA) is 71.3 Å². The number of aryl methyl sites for hydroxylation is 1. The Morgan fingerprint density at radius 3 is 2.86 bits per heavy atom. The van der Waals surface area contributed by atoms with E-state index in [0.29, 0.717) is 6.54 Å². The quantitative estimate of drug-likeness (QED) is 0.736. The van der Waals surface area contributed by atoms with Crippen molar-refractivity contribution in [1.29, 1.82) is 0 Å². The van der Waals surface area contributed by atoms with Crippen LogP contribution in [-0.2, 0) is 6.54 Å². The Hall–Kier alpha value is -1.78. The van der Waals surface area contributed by atoms with Gasteiger partial charge in [-0.3, -0.25) is 4.79 Å². The molecule has 0 aliphatic rings. The third-order valence-electron chi connectivity index (χ3n) is 1.88. The molecule has 0 fully saturated rings. The summed E-state index contributed by atoms with van der Waals surface area (Å²) < 4.78 is 1.52. The van der Waals surface area contributed by atoms with Crippen LogP contribution in [0, 0.1) is 6.92 Å². The van der Waals surface area contributed by atoms with Crippen LogP contribution in [0.15, 0.2) is 23.0 Å². The van der Waals surface area contributed by atoms with E-state index in [0.717, 1.165) is 5.69 Å². The first-order valence-corrected chi connectivity index (χ1v) is 4.24. The molecule has 1 aromatic heterocycles. The van der Waals surface area contributed by atoms with Crippen LogP contribution in [0.4, 0.5) is 4.79 Å². The molecule has 0 saturated carbocycles. The average Bonchev–Trinajstić information content (AvgIpc) is 2.09. The fourth-order valence-electron chi connectivity index (χ4n) is 1.18. The van der Waals surface area contributed by atoms with Crippen LogP contribution in [0.25, 0.3) is 0 Å². The van der Waals surface area contributed by atoms with E-state index in [9.17, 15) is 9.59 Å². The molecular weight excluding hydrogens is 184 g/mol. The van der Waals surface area contributed by atoms with Crippen molar-refractivity contribution in [3.05, 3.63) is 34.2 Å². The van der Waals surface area contributed by atoms with E-state index in [2.05, 4.69) is 5.32 Å². The van der Waals surface area contributed by atoms with Crippen LogP contribution in [-0.4, -0.2) is 22.3 Å². The van der Waals surface area contributed by atoms with Gasteiger partial charge in [-0.25, -0.2) is 4.79 Å². The summed E-state index contributed by atoms with van der Waals surface area (Å²) in [6, 6.07) is 4.94. The SMILES string of the molecule is Cc1cccc(=O)n1CCNC(=O)O. The van der Waals surface area contributed by atoms with Crippen molar-refractivity contribution in [2.45, 2.75) is 13.5 Å². The molecule has 76 valence electrons. The van der Waals surface area contributed by atoms with Gasteiger partial charge in [0.05, 0.1) is 0 Å². The molecule has 1 amide bonds. The van der Waals surface area contributed by atoms with Crippen LogP contribution >= 0.6 is 0 Å². The zero-order valence-electron chi connectivity index (χ0n) is 7.86. The van der Waals surface area contributed by atoms with E-state index in [1.807, 2.05) is 13.0 Å². The van der Waals surface area contributed by atoms with Gasteiger partial charge in [0, 0.05) is 24.8 Å². The van der Waals surface area contributed by atoms with Gasteiger partial charge >= 0.3 is 6.09 Å². The summed E-state index contributed by atoms with van der Waals surface area (Å²) in [6.45, 7) is 2.40. The third kappa shape index (κ3) is 2.62. The van der Waals surface area contributed by atoms with E-state index in [-0.39, 0.29) is 12.1 Å². The van der Waals surface area contributed by atoms with Crippen molar-refractivity contribution in [3.8, 4) is 0 Å². The van der Waals surface area contributed by atoms with Crippen molar-refractivity contribution < 1.29 is 9.90 Å². The van der Waals surface area contributed by atoms with Crippen molar-refractivity contribution in [3.63, 3.8) is 0 Å². The van der Waals surface area contributed by atoms with Crippen LogP contribution in [0.5, 0.6) is 0 Å². The molecule has 0 atom stereocenters. The Kier molecular flexibility index (Phi) is 3.28. The fraction of sp³-hybridized carbons (Fsp3) is 0.333. The van der Waals surface area contributed by atoms with Gasteiger partial charge in [-0.05, 0) is 13.0 Å². The van der Waals surface area contributed by atoms with Gasteiger partial charge < -0.3 is 15.0 Å². The lowest BCUT2D eigenvalue weighted by atomic mass is 10.3. The minimum absolute atomic E-state index is 0.114. The Morgan fingerprint density at radius 1 is 1.57 bits per heavy atom. The Balaban J connectivity index is 2.67. The first-order valence-electron chi connectivity index (χ1n) is 4.24. The van der Waals surface area contributed by atoms with Crippen LogP contribution in [0.2, 0.25) is 0 Å². The normalized spacial score (nSPS) is 9.79. The molecule has 0 radical (unpaired) electrons. The molecule has 0 unspecified atom stereocenters. The van der Waals surface area contributed by atoms with E-state index < -0.39 is 6.09 Å². The van der Waals surface area contributed by atoms with E-state index in [1.54, 1.807) is 6.07 Å². The number of aromatic nitrogens is 1. The number of carboxylic acid groups (broad SMARTS) is 1. The van der Waals surface area contributed by atoms with Crippen LogP contribution in [0.1, 0.15) is 5.69 Å². The predicted molar refractivity (Wildman–Crippen MR) is 51.5 cm³/mol. The molecule has 0 aliphatic heterocycles. The second-order valence-corrected chi connectivity index (χ2v) is 2.89. The van der Waals surface area contributed by atoms with Crippen molar-refractivity contribution in [1.82, 2.24) is 9.88 Å². The molecule has 5 heteroatoms. The lowest BCUT2D eigenvalue weighted by molar-refractivity contribution is 0.194. The summed E-state index contributed by atoms with van der Waals surface area (Å²) in [5, 5.41) is 10.5. The predicted octanol–water partition coefficient (Wildman–Crippen LogP) is 0.424. The Bertz CT molecular complexity index is 384. The highest BCUT2D eigenvalue weighted by Gasteiger charge is 1.99. The maximum absolute atomic E-state index is 11.3. The molecule has 0 bridgehead atoms. The first-order chi connectivity index (χ1) is 6.61. The highest BCUT2D eigenvalue weighted by atomic mass is 16.4. The van der Waals surface area contributed by atoms with Gasteiger partial charge in [0.25, 0.3) is 5.56 Å². The highest BCUT2D eigenvalue weighted by molar-refractivity contribution is 5.64. The lowest BCUT2D eigenvalue weighted by Gasteiger charge is -2.08. The van der Waals surface area contributed by atoms with Gasteiger partial charge in [-0.15, -0.1) is 0 Å². The molecule has 0 saturated heterocycles. The zero-order chi connectivity index (χ0) is 10.6. The number of carbonyl (C=O) groups is 1. The Labute approximate surface area is 81.0 Å². The van der Waals surface area contributed by atoms with Crippen molar-refractivity contribution in [2.24, 2.45) is 0 Å². The maximum Gasteiger partial charge on any atom is 0.404 e. The molecule has 1 rings (SSSR count). The minimum atomic E-state index is -1.08. The fourth-order valence-corrected chi connectivity index (χ4v) is 1.18. The lowest BCUT2D eigenvalue weighted by Crippen LogP contribution is -2.30. The molecule has 1 heterocycles. The highest BCUT2D eigenvalue weighted by Crippen LogP contribution is 1.91. The molecule has 2 N–H and O–H groups in total. The summed E-state index contributed by atoms with van der Waals surface area (Å²) in [5.41, 5.74) is 0.710. The van der Waals surface area contributed by atoms with Gasteiger partial charge in [0.15, 0.2) is 0 Å². The number of nitrogens with zero attached hydrogens (tertiary/aromatic N) is 1. The molecule has 5 nitrogen and oxygen atoms in total. The largest absolute Gasteiger partial charge is 0.465 e. The number of pyridine rings is 1. The number of hydrogen-bond acceptors (Lipinski definition) is 2. The van der Waals surface area contributed by atoms with Gasteiger partial charge in [0.1, 0.15) is 0 Å². The summed E-state index contributed by atoms with van der Waals surface area (Å²) in [4.78, 5) is 21.5. The number of amides is 1. The molecule has 0 spiro atoms. The van der Waals surface area contributed by atoms with Crippen molar-refractivity contribution >= 4 is 6.09 Å². The van der Waals surface area contributed by atoms with Crippen LogP contribution < -0.4 is 10.9 Å². The molecule has 0 aromatic carbocycles. The van der Waals surface area contributed by atoms with E-state index in [4.69, 9.17) is 5.11 Å². The molecule has 0 aliphatic carbocycles. The van der Waals surface area contributed by atoms with Crippen molar-refractivity contribution in [2.75, 3.05) is 6.54 Å². The van der Waals surface area contributed by atoms with E-state index >= 15 is 0 Å². The van der Waals surface area contributed by atoms with Crippen LogP contribution in [0.3, 0.4) is 0 Å². The second-order valence-electron chi connectivity index (χ2n) is 2.89. The molecule has 1 aromatic rings. The monoisotopic (exact) mass is 196 g/mol. The standard InChI is InChI=1S/C9H12N2O3/c1-7-3-2-4-8(12)11(7)6-5-10-9(13)14/h2-4,10H,5-6H2,1H3,(H,13,14). The third-order valence-corrected chi connectivity index (χ3v) is 1.88. The number of rotatable bonds is 3. The zero-order valence-corrected chi connectivity index (χ0v) is 7.86. The number of hydrogen-bond donors (Lipinski definition) is 2. The average molecular weight is 196 g/mol.